The fraction of sp³-hybridized carbons (Fsp3) is 0.538. The van der Waals surface area contributed by atoms with Crippen molar-refractivity contribution in [3.8, 4) is 0 Å². The van der Waals surface area contributed by atoms with Crippen molar-refractivity contribution in [1.82, 2.24) is 0 Å². The number of sulfone groups is 1. The molecule has 0 aromatic heterocycles. The number of nitrogens with two attached hydrogens (primary N) is 2. The summed E-state index contributed by atoms with van der Waals surface area (Å²) in [5, 5.41) is 0. The smallest absolute Gasteiger partial charge is 0.178 e. The van der Waals surface area contributed by atoms with Crippen LogP contribution in [0.4, 0.5) is 0 Å². The van der Waals surface area contributed by atoms with Crippen molar-refractivity contribution in [3.05, 3.63) is 29.8 Å². The van der Waals surface area contributed by atoms with Gasteiger partial charge >= 0.3 is 0 Å². The first-order valence-electron chi connectivity index (χ1n) is 6.25. The van der Waals surface area contributed by atoms with Gasteiger partial charge in [0, 0.05) is 0 Å². The Morgan fingerprint density at radius 1 is 1.11 bits per heavy atom. The van der Waals surface area contributed by atoms with Gasteiger partial charge in [-0.15, -0.1) is 0 Å². The molecule has 5 heteroatoms. The molecule has 0 heterocycles. The second-order valence-corrected chi connectivity index (χ2v) is 6.70. The predicted molar refractivity (Wildman–Crippen MR) is 74.1 cm³/mol. The number of benzene rings is 1. The third kappa shape index (κ3) is 4.08. The minimum Gasteiger partial charge on any atom is -0.330 e. The first-order valence-corrected chi connectivity index (χ1v) is 7.90. The van der Waals surface area contributed by atoms with E-state index in [2.05, 4.69) is 0 Å². The quantitative estimate of drug-likeness (QED) is 0.772. The SMILES string of the molecule is CCS(=O)(=O)c1ccc(CCC(CN)CN)cc1. The monoisotopic (exact) mass is 270 g/mol. The summed E-state index contributed by atoms with van der Waals surface area (Å²) in [5.74, 6) is 0.471. The van der Waals surface area contributed by atoms with Gasteiger partial charge in [0.25, 0.3) is 0 Å². The van der Waals surface area contributed by atoms with E-state index in [1.807, 2.05) is 12.1 Å². The molecule has 4 nitrogen and oxygen atoms in total. The Morgan fingerprint density at radius 2 is 1.67 bits per heavy atom. The van der Waals surface area contributed by atoms with Crippen molar-refractivity contribution in [2.75, 3.05) is 18.8 Å². The van der Waals surface area contributed by atoms with Crippen molar-refractivity contribution in [3.63, 3.8) is 0 Å². The van der Waals surface area contributed by atoms with Crippen molar-refractivity contribution in [1.29, 1.82) is 0 Å². The molecular weight excluding hydrogens is 248 g/mol. The van der Waals surface area contributed by atoms with Crippen LogP contribution >= 0.6 is 0 Å². The van der Waals surface area contributed by atoms with Crippen LogP contribution in [-0.2, 0) is 16.3 Å². The first-order chi connectivity index (χ1) is 8.53. The van der Waals surface area contributed by atoms with Gasteiger partial charge in [-0.1, -0.05) is 19.1 Å². The highest BCUT2D eigenvalue weighted by Crippen LogP contribution is 2.14. The maximum Gasteiger partial charge on any atom is 0.178 e. The Kier molecular flexibility index (Phi) is 5.78. The second-order valence-electron chi connectivity index (χ2n) is 4.42. The van der Waals surface area contributed by atoms with Crippen LogP contribution in [0, 0.1) is 5.92 Å². The Labute approximate surface area is 109 Å². The molecular formula is C13H22N2O2S. The molecule has 0 aliphatic carbocycles. The molecule has 1 aromatic carbocycles. The summed E-state index contributed by atoms with van der Waals surface area (Å²) in [6.45, 7) is 2.84. The van der Waals surface area contributed by atoms with Crippen molar-refractivity contribution >= 4 is 9.84 Å². The third-order valence-electron chi connectivity index (χ3n) is 3.17. The molecule has 0 spiro atoms. The van der Waals surface area contributed by atoms with Gasteiger partial charge in [-0.25, -0.2) is 8.42 Å². The van der Waals surface area contributed by atoms with Crippen LogP contribution in [0.2, 0.25) is 0 Å². The molecule has 0 saturated carbocycles. The minimum atomic E-state index is -3.10. The standard InChI is InChI=1S/C13H22N2O2S/c1-2-18(16,17)13-7-5-11(6-8-13)3-4-12(9-14)10-15/h5-8,12H,2-4,9-10,14-15H2,1H3. The van der Waals surface area contributed by atoms with E-state index in [4.69, 9.17) is 11.5 Å². The lowest BCUT2D eigenvalue weighted by molar-refractivity contribution is 0.507. The van der Waals surface area contributed by atoms with E-state index < -0.39 is 9.84 Å². The lowest BCUT2D eigenvalue weighted by atomic mass is 10.00. The summed E-state index contributed by atoms with van der Waals surface area (Å²) in [6.07, 6.45) is 1.82. The molecule has 0 atom stereocenters. The predicted octanol–water partition coefficient (Wildman–Crippen LogP) is 0.946. The summed E-state index contributed by atoms with van der Waals surface area (Å²) in [5.41, 5.74) is 12.3. The minimum absolute atomic E-state index is 0.134. The van der Waals surface area contributed by atoms with E-state index in [1.165, 1.54) is 0 Å². The summed E-state index contributed by atoms with van der Waals surface area (Å²) in [7, 11) is -3.10. The maximum absolute atomic E-state index is 11.6. The Bertz CT molecular complexity index is 450. The van der Waals surface area contributed by atoms with Gasteiger partial charge in [0.15, 0.2) is 9.84 Å². The van der Waals surface area contributed by atoms with Crippen LogP contribution in [0.25, 0.3) is 0 Å². The van der Waals surface area contributed by atoms with Crippen LogP contribution < -0.4 is 11.5 Å². The molecule has 0 aliphatic rings. The molecule has 18 heavy (non-hydrogen) atoms. The molecule has 0 saturated heterocycles. The number of rotatable bonds is 7. The van der Waals surface area contributed by atoms with Gasteiger partial charge in [-0.3, -0.25) is 0 Å². The van der Waals surface area contributed by atoms with E-state index in [-0.39, 0.29) is 5.75 Å². The van der Waals surface area contributed by atoms with E-state index in [0.29, 0.717) is 23.9 Å². The summed E-state index contributed by atoms with van der Waals surface area (Å²) in [6, 6.07) is 7.08. The van der Waals surface area contributed by atoms with Gasteiger partial charge < -0.3 is 11.5 Å². The topological polar surface area (TPSA) is 86.2 Å². The second kappa shape index (κ2) is 6.87. The molecule has 0 fully saturated rings. The van der Waals surface area contributed by atoms with E-state index in [1.54, 1.807) is 19.1 Å². The normalized spacial score (nSPS) is 12.0. The van der Waals surface area contributed by atoms with Crippen molar-refractivity contribution in [2.45, 2.75) is 24.7 Å². The molecule has 102 valence electrons. The van der Waals surface area contributed by atoms with Crippen LogP contribution in [0.1, 0.15) is 18.9 Å². The van der Waals surface area contributed by atoms with Crippen LogP contribution in [0.15, 0.2) is 29.2 Å². The lowest BCUT2D eigenvalue weighted by Crippen LogP contribution is -2.23. The molecule has 0 unspecified atom stereocenters. The van der Waals surface area contributed by atoms with Crippen molar-refractivity contribution < 1.29 is 8.42 Å². The fourth-order valence-corrected chi connectivity index (χ4v) is 2.62. The van der Waals surface area contributed by atoms with Gasteiger partial charge in [0.1, 0.15) is 0 Å². The largest absolute Gasteiger partial charge is 0.330 e. The molecule has 0 bridgehead atoms. The van der Waals surface area contributed by atoms with E-state index in [9.17, 15) is 8.42 Å². The number of aryl methyl sites for hydroxylation is 1. The Hall–Kier alpha value is -0.910. The molecule has 0 amide bonds. The zero-order valence-corrected chi connectivity index (χ0v) is 11.6. The van der Waals surface area contributed by atoms with Gasteiger partial charge in [0.2, 0.25) is 0 Å². The van der Waals surface area contributed by atoms with Gasteiger partial charge in [0.05, 0.1) is 10.6 Å². The summed E-state index contributed by atoms with van der Waals surface area (Å²) < 4.78 is 23.3. The Morgan fingerprint density at radius 3 is 2.11 bits per heavy atom. The average molecular weight is 270 g/mol. The zero-order chi connectivity index (χ0) is 13.6. The first kappa shape index (κ1) is 15.1. The fourth-order valence-electron chi connectivity index (χ4n) is 1.73. The summed E-state index contributed by atoms with van der Waals surface area (Å²) >= 11 is 0. The molecule has 0 aliphatic heterocycles. The van der Waals surface area contributed by atoms with E-state index >= 15 is 0 Å². The maximum atomic E-state index is 11.6. The number of hydrogen-bond donors (Lipinski definition) is 2. The lowest BCUT2D eigenvalue weighted by Gasteiger charge is -2.11. The van der Waals surface area contributed by atoms with Gasteiger partial charge in [-0.2, -0.15) is 0 Å². The van der Waals surface area contributed by atoms with Crippen LogP contribution in [0.5, 0.6) is 0 Å². The highest BCUT2D eigenvalue weighted by molar-refractivity contribution is 7.91. The Balaban J connectivity index is 2.67. The zero-order valence-electron chi connectivity index (χ0n) is 10.8. The summed E-state index contributed by atoms with van der Waals surface area (Å²) in [4.78, 5) is 0.392. The average Bonchev–Trinajstić information content (AvgIpc) is 2.40. The molecule has 4 N–H and O–H groups in total. The van der Waals surface area contributed by atoms with Crippen LogP contribution in [-0.4, -0.2) is 27.3 Å². The molecule has 0 radical (unpaired) electrons. The van der Waals surface area contributed by atoms with Crippen LogP contribution in [0.3, 0.4) is 0 Å². The molecule has 1 rings (SSSR count). The van der Waals surface area contributed by atoms with E-state index in [0.717, 1.165) is 18.4 Å². The number of hydrogen-bond acceptors (Lipinski definition) is 4. The van der Waals surface area contributed by atoms with Crippen molar-refractivity contribution in [2.24, 2.45) is 17.4 Å². The van der Waals surface area contributed by atoms with Gasteiger partial charge in [-0.05, 0) is 49.5 Å². The molecule has 1 aromatic rings. The highest BCUT2D eigenvalue weighted by Gasteiger charge is 2.11. The highest BCUT2D eigenvalue weighted by atomic mass is 32.2. The third-order valence-corrected chi connectivity index (χ3v) is 4.92.